The lowest BCUT2D eigenvalue weighted by Gasteiger charge is -2.32. The summed E-state index contributed by atoms with van der Waals surface area (Å²) in [5, 5.41) is 3.29. The smallest absolute Gasteiger partial charge is 0.236 e. The zero-order valence-corrected chi connectivity index (χ0v) is 12.4. The lowest BCUT2D eigenvalue weighted by molar-refractivity contribution is -0.124. The Morgan fingerprint density at radius 2 is 1.76 bits per heavy atom. The largest absolute Gasteiger partial charge is 0.352 e. The second kappa shape index (κ2) is 7.30. The molecular weight excluding hydrogens is 230 g/mol. The van der Waals surface area contributed by atoms with E-state index in [1.54, 1.807) is 0 Å². The molecule has 0 aromatic carbocycles. The van der Waals surface area contributed by atoms with Crippen LogP contribution >= 0.6 is 11.8 Å². The molecule has 1 N–H and O–H groups in total. The Balaban J connectivity index is 2.57. The first-order valence-corrected chi connectivity index (χ1v) is 8.12. The molecule has 0 bridgehead atoms. The minimum absolute atomic E-state index is 0.188. The van der Waals surface area contributed by atoms with E-state index in [-0.39, 0.29) is 10.7 Å². The molecule has 100 valence electrons. The zero-order chi connectivity index (χ0) is 12.7. The van der Waals surface area contributed by atoms with Crippen LogP contribution in [-0.2, 0) is 4.79 Å². The van der Waals surface area contributed by atoms with E-state index >= 15 is 0 Å². The van der Waals surface area contributed by atoms with E-state index in [4.69, 9.17) is 0 Å². The van der Waals surface area contributed by atoms with Gasteiger partial charge in [0, 0.05) is 6.04 Å². The second-order valence-electron chi connectivity index (χ2n) is 4.94. The van der Waals surface area contributed by atoms with Crippen LogP contribution in [-0.4, -0.2) is 22.4 Å². The standard InChI is InChI=1S/C14H27NOS/c1-4-14(5-2,17-6-3)13(16)15-12-10-8-7-9-11-12/h12H,4-11H2,1-3H3,(H,15,16). The van der Waals surface area contributed by atoms with Gasteiger partial charge in [0.05, 0.1) is 4.75 Å². The third-order valence-electron chi connectivity index (χ3n) is 3.92. The van der Waals surface area contributed by atoms with Gasteiger partial charge in [0.2, 0.25) is 5.91 Å². The van der Waals surface area contributed by atoms with Gasteiger partial charge in [-0.1, -0.05) is 40.0 Å². The summed E-state index contributed by atoms with van der Waals surface area (Å²) in [6.45, 7) is 6.40. The molecular formula is C14H27NOS. The minimum atomic E-state index is -0.188. The van der Waals surface area contributed by atoms with Gasteiger partial charge in [-0.15, -0.1) is 11.8 Å². The molecule has 0 aromatic heterocycles. The van der Waals surface area contributed by atoms with Crippen molar-refractivity contribution < 1.29 is 4.79 Å². The Morgan fingerprint density at radius 1 is 1.18 bits per heavy atom. The average molecular weight is 257 g/mol. The first-order valence-electron chi connectivity index (χ1n) is 7.13. The zero-order valence-electron chi connectivity index (χ0n) is 11.6. The Morgan fingerprint density at radius 3 is 2.24 bits per heavy atom. The number of hydrogen-bond acceptors (Lipinski definition) is 2. The summed E-state index contributed by atoms with van der Waals surface area (Å²) in [5.41, 5.74) is 0. The van der Waals surface area contributed by atoms with E-state index in [9.17, 15) is 4.79 Å². The average Bonchev–Trinajstić information content (AvgIpc) is 2.37. The predicted molar refractivity (Wildman–Crippen MR) is 76.5 cm³/mol. The van der Waals surface area contributed by atoms with E-state index in [0.717, 1.165) is 18.6 Å². The fourth-order valence-corrected chi connectivity index (χ4v) is 3.83. The van der Waals surface area contributed by atoms with Crippen LogP contribution in [0.1, 0.15) is 65.7 Å². The molecule has 2 nitrogen and oxygen atoms in total. The van der Waals surface area contributed by atoms with Crippen molar-refractivity contribution in [3.05, 3.63) is 0 Å². The lowest BCUT2D eigenvalue weighted by atomic mass is 9.94. The highest BCUT2D eigenvalue weighted by Crippen LogP contribution is 2.33. The molecule has 0 aromatic rings. The molecule has 1 fully saturated rings. The van der Waals surface area contributed by atoms with Gasteiger partial charge in [0.15, 0.2) is 0 Å². The fraction of sp³-hybridized carbons (Fsp3) is 0.929. The molecule has 0 radical (unpaired) electrons. The summed E-state index contributed by atoms with van der Waals surface area (Å²) in [4.78, 5) is 12.5. The van der Waals surface area contributed by atoms with Gasteiger partial charge in [-0.05, 0) is 31.4 Å². The maximum Gasteiger partial charge on any atom is 0.236 e. The molecule has 0 atom stereocenters. The molecule has 0 unspecified atom stereocenters. The fourth-order valence-electron chi connectivity index (χ4n) is 2.68. The summed E-state index contributed by atoms with van der Waals surface area (Å²) in [7, 11) is 0. The van der Waals surface area contributed by atoms with Crippen molar-refractivity contribution >= 4 is 17.7 Å². The van der Waals surface area contributed by atoms with E-state index in [1.807, 2.05) is 11.8 Å². The maximum absolute atomic E-state index is 12.5. The van der Waals surface area contributed by atoms with Crippen LogP contribution < -0.4 is 5.32 Å². The van der Waals surface area contributed by atoms with Gasteiger partial charge in [0.25, 0.3) is 0 Å². The normalized spacial score (nSPS) is 18.1. The van der Waals surface area contributed by atoms with Crippen LogP contribution in [0.2, 0.25) is 0 Å². The van der Waals surface area contributed by atoms with Crippen LogP contribution in [0.3, 0.4) is 0 Å². The molecule has 1 saturated carbocycles. The van der Waals surface area contributed by atoms with Gasteiger partial charge >= 0.3 is 0 Å². The molecule has 1 aliphatic rings. The first kappa shape index (κ1) is 14.9. The van der Waals surface area contributed by atoms with Crippen LogP contribution in [0.15, 0.2) is 0 Å². The van der Waals surface area contributed by atoms with E-state index in [2.05, 4.69) is 26.1 Å². The van der Waals surface area contributed by atoms with Crippen molar-refractivity contribution in [3.8, 4) is 0 Å². The Kier molecular flexibility index (Phi) is 6.39. The Hall–Kier alpha value is -0.180. The van der Waals surface area contributed by atoms with E-state index in [0.29, 0.717) is 6.04 Å². The third kappa shape index (κ3) is 3.90. The van der Waals surface area contributed by atoms with Crippen molar-refractivity contribution in [2.75, 3.05) is 5.75 Å². The van der Waals surface area contributed by atoms with Crippen LogP contribution in [0, 0.1) is 0 Å². The number of nitrogens with one attached hydrogen (secondary N) is 1. The Bertz CT molecular complexity index is 232. The summed E-state index contributed by atoms with van der Waals surface area (Å²) < 4.78 is -0.188. The third-order valence-corrected chi connectivity index (χ3v) is 5.52. The maximum atomic E-state index is 12.5. The topological polar surface area (TPSA) is 29.1 Å². The van der Waals surface area contributed by atoms with Crippen molar-refractivity contribution in [1.29, 1.82) is 0 Å². The monoisotopic (exact) mass is 257 g/mol. The number of hydrogen-bond donors (Lipinski definition) is 1. The minimum Gasteiger partial charge on any atom is -0.352 e. The van der Waals surface area contributed by atoms with Gasteiger partial charge < -0.3 is 5.32 Å². The van der Waals surface area contributed by atoms with Crippen molar-refractivity contribution in [3.63, 3.8) is 0 Å². The van der Waals surface area contributed by atoms with E-state index < -0.39 is 0 Å². The quantitative estimate of drug-likeness (QED) is 0.785. The highest BCUT2D eigenvalue weighted by molar-refractivity contribution is 8.01. The van der Waals surface area contributed by atoms with Crippen LogP contribution in [0.25, 0.3) is 0 Å². The molecule has 0 spiro atoms. The summed E-state index contributed by atoms with van der Waals surface area (Å²) in [6, 6.07) is 0.436. The molecule has 0 saturated heterocycles. The van der Waals surface area contributed by atoms with Gasteiger partial charge in [-0.2, -0.15) is 0 Å². The number of carbonyl (C=O) groups is 1. The highest BCUT2D eigenvalue weighted by Gasteiger charge is 2.35. The van der Waals surface area contributed by atoms with Crippen molar-refractivity contribution in [2.24, 2.45) is 0 Å². The first-order chi connectivity index (χ1) is 8.18. The SMILES string of the molecule is CCSC(CC)(CC)C(=O)NC1CCCCC1. The molecule has 0 aliphatic heterocycles. The van der Waals surface area contributed by atoms with E-state index in [1.165, 1.54) is 32.1 Å². The number of amides is 1. The summed E-state index contributed by atoms with van der Waals surface area (Å²) >= 11 is 1.81. The molecule has 1 aliphatic carbocycles. The predicted octanol–water partition coefficient (Wildman–Crippen LogP) is 3.75. The lowest BCUT2D eigenvalue weighted by Crippen LogP contribution is -2.48. The Labute approximate surface area is 110 Å². The summed E-state index contributed by atoms with van der Waals surface area (Å²) in [6.07, 6.45) is 8.09. The van der Waals surface area contributed by atoms with Gasteiger partial charge in [-0.3, -0.25) is 4.79 Å². The molecule has 1 amide bonds. The highest BCUT2D eigenvalue weighted by atomic mass is 32.2. The number of thioether (sulfide) groups is 1. The number of rotatable bonds is 6. The van der Waals surface area contributed by atoms with Crippen molar-refractivity contribution in [2.45, 2.75) is 76.5 Å². The van der Waals surface area contributed by atoms with Crippen LogP contribution in [0.5, 0.6) is 0 Å². The van der Waals surface area contributed by atoms with Crippen molar-refractivity contribution in [1.82, 2.24) is 5.32 Å². The molecule has 0 heterocycles. The van der Waals surface area contributed by atoms with Crippen LogP contribution in [0.4, 0.5) is 0 Å². The van der Waals surface area contributed by atoms with Gasteiger partial charge in [0.1, 0.15) is 0 Å². The molecule has 3 heteroatoms. The van der Waals surface area contributed by atoms with Gasteiger partial charge in [-0.25, -0.2) is 0 Å². The summed E-state index contributed by atoms with van der Waals surface area (Å²) in [5.74, 6) is 1.29. The molecule has 1 rings (SSSR count). The second-order valence-corrected chi connectivity index (χ2v) is 6.59. The molecule has 17 heavy (non-hydrogen) atoms. The number of carbonyl (C=O) groups excluding carboxylic acids is 1.